The lowest BCUT2D eigenvalue weighted by atomic mass is 10.2. The number of amides is 1. The van der Waals surface area contributed by atoms with Crippen LogP contribution in [0.3, 0.4) is 0 Å². The standard InChI is InChI=1S/C21H19IN4O3S/c1-3-26-20(17-11-13-5-4-6-16(28-2)19(13)29-17)24-25-21(26)30-12-18(27)23-15-9-7-14(22)8-10-15/h4-11H,3,12H2,1-2H3,(H,23,27). The number of carbonyl (C=O) groups excluding carboxylic acids is 1. The molecule has 0 radical (unpaired) electrons. The molecule has 0 fully saturated rings. The van der Waals surface area contributed by atoms with Crippen LogP contribution < -0.4 is 10.1 Å². The first-order chi connectivity index (χ1) is 14.6. The molecule has 0 bridgehead atoms. The second-order valence-corrected chi connectivity index (χ2v) is 8.57. The lowest BCUT2D eigenvalue weighted by molar-refractivity contribution is -0.113. The van der Waals surface area contributed by atoms with Crippen molar-refractivity contribution in [1.29, 1.82) is 0 Å². The van der Waals surface area contributed by atoms with E-state index in [-0.39, 0.29) is 11.7 Å². The first-order valence-electron chi connectivity index (χ1n) is 9.27. The number of furan rings is 1. The summed E-state index contributed by atoms with van der Waals surface area (Å²) in [5.41, 5.74) is 1.45. The molecule has 30 heavy (non-hydrogen) atoms. The van der Waals surface area contributed by atoms with E-state index in [1.54, 1.807) is 7.11 Å². The van der Waals surface area contributed by atoms with E-state index in [1.807, 2.05) is 60.0 Å². The first-order valence-corrected chi connectivity index (χ1v) is 11.3. The first kappa shape index (κ1) is 20.7. The second-order valence-electron chi connectivity index (χ2n) is 6.38. The second kappa shape index (κ2) is 9.09. The number of nitrogens with one attached hydrogen (secondary N) is 1. The molecular formula is C21H19IN4O3S. The van der Waals surface area contributed by atoms with Gasteiger partial charge in [-0.25, -0.2) is 0 Å². The maximum atomic E-state index is 12.3. The van der Waals surface area contributed by atoms with Crippen molar-refractivity contribution in [3.05, 3.63) is 52.1 Å². The molecule has 2 aromatic carbocycles. The number of para-hydroxylation sites is 1. The van der Waals surface area contributed by atoms with Gasteiger partial charge in [-0.3, -0.25) is 9.36 Å². The Bertz CT molecular complexity index is 1190. The van der Waals surface area contributed by atoms with E-state index in [2.05, 4.69) is 38.1 Å². The van der Waals surface area contributed by atoms with Crippen molar-refractivity contribution >= 4 is 56.9 Å². The molecule has 2 aromatic heterocycles. The van der Waals surface area contributed by atoms with Crippen molar-refractivity contribution in [3.8, 4) is 17.3 Å². The van der Waals surface area contributed by atoms with Crippen LogP contribution in [0.5, 0.6) is 5.75 Å². The van der Waals surface area contributed by atoms with Crippen molar-refractivity contribution in [1.82, 2.24) is 14.8 Å². The number of carbonyl (C=O) groups is 1. The van der Waals surface area contributed by atoms with Crippen LogP contribution in [-0.2, 0) is 11.3 Å². The van der Waals surface area contributed by atoms with E-state index in [1.165, 1.54) is 11.8 Å². The van der Waals surface area contributed by atoms with Crippen LogP contribution in [0.4, 0.5) is 5.69 Å². The van der Waals surface area contributed by atoms with Gasteiger partial charge in [-0.05, 0) is 65.9 Å². The van der Waals surface area contributed by atoms with Crippen LogP contribution in [-0.4, -0.2) is 33.5 Å². The molecule has 1 amide bonds. The van der Waals surface area contributed by atoms with Crippen molar-refractivity contribution in [3.63, 3.8) is 0 Å². The zero-order valence-corrected chi connectivity index (χ0v) is 19.4. The van der Waals surface area contributed by atoms with Crippen LogP contribution in [0.25, 0.3) is 22.6 Å². The zero-order chi connectivity index (χ0) is 21.1. The molecular weight excluding hydrogens is 515 g/mol. The third-order valence-electron chi connectivity index (χ3n) is 4.44. The summed E-state index contributed by atoms with van der Waals surface area (Å²) in [6, 6.07) is 15.3. The van der Waals surface area contributed by atoms with Gasteiger partial charge in [0.1, 0.15) is 0 Å². The molecule has 4 aromatic rings. The van der Waals surface area contributed by atoms with Gasteiger partial charge < -0.3 is 14.5 Å². The van der Waals surface area contributed by atoms with Crippen molar-refractivity contribution in [2.75, 3.05) is 18.2 Å². The monoisotopic (exact) mass is 534 g/mol. The van der Waals surface area contributed by atoms with Crippen molar-refractivity contribution in [2.45, 2.75) is 18.6 Å². The summed E-state index contributed by atoms with van der Waals surface area (Å²) in [6.45, 7) is 2.66. The zero-order valence-electron chi connectivity index (χ0n) is 16.4. The Morgan fingerprint density at radius 1 is 1.23 bits per heavy atom. The fourth-order valence-corrected chi connectivity index (χ4v) is 4.19. The van der Waals surface area contributed by atoms with Crippen LogP contribution >= 0.6 is 34.4 Å². The Morgan fingerprint density at radius 3 is 2.77 bits per heavy atom. The number of halogens is 1. The summed E-state index contributed by atoms with van der Waals surface area (Å²) < 4.78 is 14.4. The molecule has 0 atom stereocenters. The average molecular weight is 534 g/mol. The molecule has 7 nitrogen and oxygen atoms in total. The Morgan fingerprint density at radius 2 is 2.03 bits per heavy atom. The van der Waals surface area contributed by atoms with Crippen LogP contribution in [0, 0.1) is 3.57 Å². The fraction of sp³-hybridized carbons (Fsp3) is 0.190. The molecule has 4 rings (SSSR count). The van der Waals surface area contributed by atoms with Gasteiger partial charge in [-0.1, -0.05) is 23.9 Å². The highest BCUT2D eigenvalue weighted by Crippen LogP contribution is 2.33. The Hall–Kier alpha value is -2.53. The molecule has 1 N–H and O–H groups in total. The molecule has 0 saturated carbocycles. The summed E-state index contributed by atoms with van der Waals surface area (Å²) in [5, 5.41) is 13.1. The Kier molecular flexibility index (Phi) is 6.28. The summed E-state index contributed by atoms with van der Waals surface area (Å²) in [6.07, 6.45) is 0. The topological polar surface area (TPSA) is 82.2 Å². The lowest BCUT2D eigenvalue weighted by Crippen LogP contribution is -2.14. The highest BCUT2D eigenvalue weighted by molar-refractivity contribution is 14.1. The molecule has 154 valence electrons. The number of fused-ring (bicyclic) bond motifs is 1. The van der Waals surface area contributed by atoms with Crippen molar-refractivity contribution < 1.29 is 13.9 Å². The summed E-state index contributed by atoms with van der Waals surface area (Å²) >= 11 is 3.57. The Labute approximate surface area is 191 Å². The third kappa shape index (κ3) is 4.31. The Balaban J connectivity index is 1.51. The van der Waals surface area contributed by atoms with Crippen LogP contribution in [0.15, 0.2) is 58.1 Å². The minimum atomic E-state index is -0.0955. The number of ether oxygens (including phenoxy) is 1. The van der Waals surface area contributed by atoms with Gasteiger partial charge in [0.05, 0.1) is 12.9 Å². The van der Waals surface area contributed by atoms with E-state index in [0.717, 1.165) is 14.6 Å². The van der Waals surface area contributed by atoms with Crippen molar-refractivity contribution in [2.24, 2.45) is 0 Å². The van der Waals surface area contributed by atoms with E-state index in [0.29, 0.717) is 34.6 Å². The minimum absolute atomic E-state index is 0.0955. The largest absolute Gasteiger partial charge is 0.493 e. The highest BCUT2D eigenvalue weighted by atomic mass is 127. The van der Waals surface area contributed by atoms with Gasteiger partial charge in [-0.15, -0.1) is 10.2 Å². The minimum Gasteiger partial charge on any atom is -0.493 e. The SMILES string of the molecule is CCn1c(SCC(=O)Nc2ccc(I)cc2)nnc1-c1cc2cccc(OC)c2o1. The normalized spacial score (nSPS) is 11.0. The molecule has 9 heteroatoms. The van der Waals surface area contributed by atoms with Gasteiger partial charge in [-0.2, -0.15) is 0 Å². The fourth-order valence-electron chi connectivity index (χ4n) is 3.03. The van der Waals surface area contributed by atoms with Gasteiger partial charge in [0.2, 0.25) is 11.7 Å². The molecule has 0 aliphatic carbocycles. The van der Waals surface area contributed by atoms with E-state index in [9.17, 15) is 4.79 Å². The number of nitrogens with zero attached hydrogens (tertiary/aromatic N) is 3. The quantitative estimate of drug-likeness (QED) is 0.264. The summed E-state index contributed by atoms with van der Waals surface area (Å²) in [7, 11) is 1.61. The predicted octanol–water partition coefficient (Wildman–Crippen LogP) is 5.06. The van der Waals surface area contributed by atoms with E-state index < -0.39 is 0 Å². The van der Waals surface area contributed by atoms with Gasteiger partial charge in [0.15, 0.2) is 22.2 Å². The summed E-state index contributed by atoms with van der Waals surface area (Å²) in [4.78, 5) is 12.3. The smallest absolute Gasteiger partial charge is 0.234 e. The molecule has 0 unspecified atom stereocenters. The number of hydrogen-bond donors (Lipinski definition) is 1. The number of hydrogen-bond acceptors (Lipinski definition) is 6. The van der Waals surface area contributed by atoms with Gasteiger partial charge in [0, 0.05) is 21.2 Å². The number of aromatic nitrogens is 3. The number of methoxy groups -OCH3 is 1. The maximum Gasteiger partial charge on any atom is 0.234 e. The highest BCUT2D eigenvalue weighted by Gasteiger charge is 2.19. The molecule has 0 aliphatic heterocycles. The van der Waals surface area contributed by atoms with Gasteiger partial charge in [0.25, 0.3) is 0 Å². The van der Waals surface area contributed by atoms with E-state index in [4.69, 9.17) is 9.15 Å². The van der Waals surface area contributed by atoms with Crippen LogP contribution in [0.2, 0.25) is 0 Å². The average Bonchev–Trinajstić information content (AvgIpc) is 3.37. The predicted molar refractivity (Wildman–Crippen MR) is 126 cm³/mol. The molecule has 0 spiro atoms. The number of benzene rings is 2. The lowest BCUT2D eigenvalue weighted by Gasteiger charge is -2.07. The molecule has 2 heterocycles. The molecule has 0 saturated heterocycles. The van der Waals surface area contributed by atoms with E-state index >= 15 is 0 Å². The number of rotatable bonds is 7. The maximum absolute atomic E-state index is 12.3. The van der Waals surface area contributed by atoms with Crippen LogP contribution in [0.1, 0.15) is 6.92 Å². The number of anilines is 1. The molecule has 0 aliphatic rings. The third-order valence-corrected chi connectivity index (χ3v) is 6.13. The van der Waals surface area contributed by atoms with Gasteiger partial charge >= 0.3 is 0 Å². The number of thioether (sulfide) groups is 1. The summed E-state index contributed by atoms with van der Waals surface area (Å²) in [5.74, 6) is 2.04.